The predicted octanol–water partition coefficient (Wildman–Crippen LogP) is 2.72. The molecule has 0 bridgehead atoms. The van der Waals surface area contributed by atoms with Gasteiger partial charge in [-0.1, -0.05) is 6.92 Å². The van der Waals surface area contributed by atoms with Gasteiger partial charge in [-0.3, -0.25) is 5.32 Å². The van der Waals surface area contributed by atoms with Crippen molar-refractivity contribution in [2.75, 3.05) is 13.2 Å². The maximum Gasteiger partial charge on any atom is 0.261 e. The number of halogens is 2. The molecule has 0 heterocycles. The van der Waals surface area contributed by atoms with Gasteiger partial charge in [-0.2, -0.15) is 5.26 Å². The van der Waals surface area contributed by atoms with Gasteiger partial charge in [0.2, 0.25) is 0 Å². The van der Waals surface area contributed by atoms with E-state index < -0.39 is 18.6 Å². The number of alkyl halides is 2. The fourth-order valence-electron chi connectivity index (χ4n) is 1.72. The lowest BCUT2D eigenvalue weighted by atomic mass is 9.91. The van der Waals surface area contributed by atoms with Crippen molar-refractivity contribution in [3.8, 4) is 6.07 Å². The van der Waals surface area contributed by atoms with E-state index in [0.29, 0.717) is 19.3 Å². The first-order chi connectivity index (χ1) is 7.95. The summed E-state index contributed by atoms with van der Waals surface area (Å²) in [5.74, 6) is 0. The van der Waals surface area contributed by atoms with Crippen LogP contribution in [-0.4, -0.2) is 31.2 Å². The monoisotopic (exact) mass is 248 g/mol. The molecule has 0 aromatic carbocycles. The molecule has 1 N–H and O–H groups in total. The zero-order valence-electron chi connectivity index (χ0n) is 10.8. The van der Waals surface area contributed by atoms with Gasteiger partial charge in [0.1, 0.15) is 12.1 Å². The highest BCUT2D eigenvalue weighted by Crippen LogP contribution is 2.17. The Labute approximate surface area is 102 Å². The van der Waals surface area contributed by atoms with Crippen LogP contribution >= 0.6 is 0 Å². The molecular formula is C12H22F2N2O. The normalized spacial score (nSPS) is 14.9. The van der Waals surface area contributed by atoms with Crippen LogP contribution in [0.25, 0.3) is 0 Å². The summed E-state index contributed by atoms with van der Waals surface area (Å²) in [5, 5.41) is 12.4. The molecule has 0 aromatic heterocycles. The first-order valence-corrected chi connectivity index (χ1v) is 6.00. The maximum atomic E-state index is 11.8. The van der Waals surface area contributed by atoms with Crippen LogP contribution in [0, 0.1) is 11.3 Å². The second kappa shape index (κ2) is 8.37. The Bertz CT molecular complexity index is 241. The summed E-state index contributed by atoms with van der Waals surface area (Å²) in [7, 11) is 0. The Morgan fingerprint density at radius 3 is 2.47 bits per heavy atom. The summed E-state index contributed by atoms with van der Waals surface area (Å²) < 4.78 is 28.4. The van der Waals surface area contributed by atoms with Crippen LogP contribution in [0.2, 0.25) is 0 Å². The lowest BCUT2D eigenvalue weighted by molar-refractivity contribution is 0.0150. The molecule has 0 aromatic rings. The SMILES string of the molecule is CCC(C#N)(CCCOCC(F)F)NC(C)C. The number of hydrogen-bond acceptors (Lipinski definition) is 3. The number of ether oxygens (including phenoxy) is 1. The molecule has 0 rings (SSSR count). The third-order valence-corrected chi connectivity index (χ3v) is 2.52. The molecule has 5 heteroatoms. The van der Waals surface area contributed by atoms with Crippen LogP contribution in [0.15, 0.2) is 0 Å². The number of nitriles is 1. The van der Waals surface area contributed by atoms with Crippen molar-refractivity contribution in [1.29, 1.82) is 5.26 Å². The lowest BCUT2D eigenvalue weighted by Crippen LogP contribution is -2.47. The summed E-state index contributed by atoms with van der Waals surface area (Å²) in [6.45, 7) is 5.65. The number of rotatable bonds is 9. The van der Waals surface area contributed by atoms with Crippen molar-refractivity contribution in [1.82, 2.24) is 5.32 Å². The van der Waals surface area contributed by atoms with Crippen molar-refractivity contribution in [3.05, 3.63) is 0 Å². The first-order valence-electron chi connectivity index (χ1n) is 6.00. The smallest absolute Gasteiger partial charge is 0.261 e. The van der Waals surface area contributed by atoms with Crippen molar-refractivity contribution < 1.29 is 13.5 Å². The second-order valence-corrected chi connectivity index (χ2v) is 4.42. The van der Waals surface area contributed by atoms with Gasteiger partial charge in [-0.05, 0) is 33.1 Å². The van der Waals surface area contributed by atoms with E-state index in [1.807, 2.05) is 20.8 Å². The van der Waals surface area contributed by atoms with Crippen LogP contribution in [0.3, 0.4) is 0 Å². The fourth-order valence-corrected chi connectivity index (χ4v) is 1.72. The van der Waals surface area contributed by atoms with Gasteiger partial charge in [-0.25, -0.2) is 8.78 Å². The van der Waals surface area contributed by atoms with Gasteiger partial charge in [0.25, 0.3) is 6.43 Å². The van der Waals surface area contributed by atoms with Crippen LogP contribution < -0.4 is 5.32 Å². The quantitative estimate of drug-likeness (QED) is 0.638. The summed E-state index contributed by atoms with van der Waals surface area (Å²) in [5.41, 5.74) is -0.567. The molecule has 0 amide bonds. The highest BCUT2D eigenvalue weighted by molar-refractivity contribution is 5.06. The summed E-state index contributed by atoms with van der Waals surface area (Å²) in [6.07, 6.45) is -0.512. The molecule has 100 valence electrons. The van der Waals surface area contributed by atoms with Gasteiger partial charge < -0.3 is 4.74 Å². The van der Waals surface area contributed by atoms with Crippen LogP contribution in [0.5, 0.6) is 0 Å². The third kappa shape index (κ3) is 7.24. The summed E-state index contributed by atoms with van der Waals surface area (Å²) in [6, 6.07) is 2.50. The van der Waals surface area contributed by atoms with Gasteiger partial charge in [0.15, 0.2) is 0 Å². The molecule has 0 aliphatic heterocycles. The molecule has 3 nitrogen and oxygen atoms in total. The van der Waals surface area contributed by atoms with Crippen molar-refractivity contribution in [2.45, 2.75) is 58.0 Å². The molecule has 0 aliphatic rings. The van der Waals surface area contributed by atoms with Crippen molar-refractivity contribution in [3.63, 3.8) is 0 Å². The van der Waals surface area contributed by atoms with E-state index in [4.69, 9.17) is 4.74 Å². The predicted molar refractivity (Wildman–Crippen MR) is 63.0 cm³/mol. The Balaban J connectivity index is 3.98. The molecule has 0 aliphatic carbocycles. The average Bonchev–Trinajstić information content (AvgIpc) is 2.26. The Morgan fingerprint density at radius 1 is 1.41 bits per heavy atom. The summed E-state index contributed by atoms with van der Waals surface area (Å²) in [4.78, 5) is 0. The van der Waals surface area contributed by atoms with Gasteiger partial charge in [0, 0.05) is 12.6 Å². The van der Waals surface area contributed by atoms with Crippen LogP contribution in [0.1, 0.15) is 40.0 Å². The van der Waals surface area contributed by atoms with E-state index in [1.165, 1.54) is 0 Å². The van der Waals surface area contributed by atoms with Crippen molar-refractivity contribution >= 4 is 0 Å². The number of nitrogens with one attached hydrogen (secondary N) is 1. The van der Waals surface area contributed by atoms with Crippen LogP contribution in [-0.2, 0) is 4.74 Å². The molecular weight excluding hydrogens is 226 g/mol. The standard InChI is InChI=1S/C12H22F2N2O/c1-4-12(9-15,16-10(2)3)6-5-7-17-8-11(13)14/h10-11,16H,4-8H2,1-3H3. The highest BCUT2D eigenvalue weighted by atomic mass is 19.3. The van der Waals surface area contributed by atoms with Crippen LogP contribution in [0.4, 0.5) is 8.78 Å². The van der Waals surface area contributed by atoms with E-state index in [1.54, 1.807) is 0 Å². The maximum absolute atomic E-state index is 11.8. The third-order valence-electron chi connectivity index (χ3n) is 2.52. The van der Waals surface area contributed by atoms with E-state index >= 15 is 0 Å². The van der Waals surface area contributed by atoms with Gasteiger partial charge >= 0.3 is 0 Å². The molecule has 1 atom stereocenters. The van der Waals surface area contributed by atoms with E-state index in [0.717, 1.165) is 0 Å². The first kappa shape index (κ1) is 16.3. The molecule has 0 spiro atoms. The van der Waals surface area contributed by atoms with E-state index in [9.17, 15) is 14.0 Å². The topological polar surface area (TPSA) is 45.0 Å². The zero-order valence-corrected chi connectivity index (χ0v) is 10.8. The number of nitrogens with zero attached hydrogens (tertiary/aromatic N) is 1. The average molecular weight is 248 g/mol. The molecule has 17 heavy (non-hydrogen) atoms. The minimum atomic E-state index is -2.42. The Kier molecular flexibility index (Phi) is 8.01. The second-order valence-electron chi connectivity index (χ2n) is 4.42. The van der Waals surface area contributed by atoms with Gasteiger partial charge in [-0.15, -0.1) is 0 Å². The largest absolute Gasteiger partial charge is 0.376 e. The Morgan fingerprint density at radius 2 is 2.06 bits per heavy atom. The molecule has 0 fully saturated rings. The fraction of sp³-hybridized carbons (Fsp3) is 0.917. The summed E-state index contributed by atoms with van der Waals surface area (Å²) >= 11 is 0. The van der Waals surface area contributed by atoms with Gasteiger partial charge in [0.05, 0.1) is 6.07 Å². The Hall–Kier alpha value is -0.730. The minimum Gasteiger partial charge on any atom is -0.376 e. The molecule has 1 unspecified atom stereocenters. The van der Waals surface area contributed by atoms with E-state index in [-0.39, 0.29) is 12.6 Å². The molecule has 0 saturated carbocycles. The number of hydrogen-bond donors (Lipinski definition) is 1. The molecule has 0 saturated heterocycles. The highest BCUT2D eigenvalue weighted by Gasteiger charge is 2.27. The van der Waals surface area contributed by atoms with E-state index in [2.05, 4.69) is 11.4 Å². The molecule has 0 radical (unpaired) electrons. The zero-order chi connectivity index (χ0) is 13.3. The van der Waals surface area contributed by atoms with Crippen molar-refractivity contribution in [2.24, 2.45) is 0 Å². The lowest BCUT2D eigenvalue weighted by Gasteiger charge is -2.29. The minimum absolute atomic E-state index is 0.219.